The molecule has 0 radical (unpaired) electrons. The number of carbonyl (C=O) groups is 1. The van der Waals surface area contributed by atoms with Gasteiger partial charge in [-0.05, 0) is 18.2 Å². The Bertz CT molecular complexity index is 770. The second kappa shape index (κ2) is 7.16. The maximum absolute atomic E-state index is 12.7. The zero-order valence-electron chi connectivity index (χ0n) is 13.8. The molecule has 0 unspecified atom stereocenters. The van der Waals surface area contributed by atoms with Crippen molar-refractivity contribution >= 4 is 17.4 Å². The first-order valence-electron chi connectivity index (χ1n) is 7.88. The van der Waals surface area contributed by atoms with Crippen molar-refractivity contribution in [3.8, 4) is 5.75 Å². The Kier molecular flexibility index (Phi) is 4.78. The van der Waals surface area contributed by atoms with Crippen molar-refractivity contribution < 1.29 is 14.5 Å². The van der Waals surface area contributed by atoms with E-state index in [1.165, 1.54) is 12.3 Å². The van der Waals surface area contributed by atoms with Gasteiger partial charge in [-0.3, -0.25) is 14.9 Å². The first-order valence-corrected chi connectivity index (χ1v) is 7.88. The minimum absolute atomic E-state index is 0.0336. The molecule has 0 atom stereocenters. The van der Waals surface area contributed by atoms with Gasteiger partial charge in [0.15, 0.2) is 0 Å². The number of pyridine rings is 1. The maximum Gasteiger partial charge on any atom is 0.287 e. The number of anilines is 1. The number of nitrogens with zero attached hydrogens (tertiary/aromatic N) is 4. The Labute approximate surface area is 144 Å². The summed E-state index contributed by atoms with van der Waals surface area (Å²) in [6.45, 7) is 2.34. The van der Waals surface area contributed by atoms with Crippen molar-refractivity contribution in [2.75, 3.05) is 38.2 Å². The number of benzene rings is 1. The first-order chi connectivity index (χ1) is 12.1. The Morgan fingerprint density at radius 2 is 1.88 bits per heavy atom. The number of methoxy groups -OCH3 is 1. The number of para-hydroxylation sites is 1. The highest BCUT2D eigenvalue weighted by atomic mass is 16.6. The Morgan fingerprint density at radius 1 is 1.16 bits per heavy atom. The molecule has 1 fully saturated rings. The van der Waals surface area contributed by atoms with Crippen molar-refractivity contribution in [3.05, 3.63) is 58.3 Å². The van der Waals surface area contributed by atoms with E-state index in [4.69, 9.17) is 4.74 Å². The Morgan fingerprint density at radius 3 is 2.48 bits per heavy atom. The van der Waals surface area contributed by atoms with Crippen LogP contribution in [0.4, 0.5) is 11.5 Å². The lowest BCUT2D eigenvalue weighted by molar-refractivity contribution is -0.385. The second-order valence-corrected chi connectivity index (χ2v) is 5.61. The molecule has 1 saturated heterocycles. The molecule has 8 nitrogen and oxygen atoms in total. The number of nitro groups is 1. The van der Waals surface area contributed by atoms with E-state index in [1.54, 1.807) is 30.2 Å². The van der Waals surface area contributed by atoms with Crippen LogP contribution in [0.2, 0.25) is 0 Å². The van der Waals surface area contributed by atoms with E-state index < -0.39 is 4.92 Å². The normalized spacial score (nSPS) is 14.3. The van der Waals surface area contributed by atoms with E-state index in [9.17, 15) is 14.9 Å². The molecule has 1 aromatic carbocycles. The lowest BCUT2D eigenvalue weighted by Gasteiger charge is -2.35. The maximum atomic E-state index is 12.7. The molecule has 1 aromatic heterocycles. The van der Waals surface area contributed by atoms with Gasteiger partial charge in [-0.15, -0.1) is 0 Å². The summed E-state index contributed by atoms with van der Waals surface area (Å²) in [5, 5.41) is 10.7. The fraction of sp³-hybridized carbons (Fsp3) is 0.294. The van der Waals surface area contributed by atoms with Gasteiger partial charge in [-0.25, -0.2) is 4.98 Å². The molecule has 8 heteroatoms. The zero-order chi connectivity index (χ0) is 17.8. The molecule has 0 aliphatic carbocycles. The number of hydrogen-bond acceptors (Lipinski definition) is 6. The zero-order valence-corrected chi connectivity index (χ0v) is 13.8. The van der Waals surface area contributed by atoms with E-state index in [0.29, 0.717) is 43.3 Å². The molecule has 3 rings (SSSR count). The van der Waals surface area contributed by atoms with Gasteiger partial charge in [0.05, 0.1) is 17.6 Å². The third kappa shape index (κ3) is 3.52. The molecule has 25 heavy (non-hydrogen) atoms. The largest absolute Gasteiger partial charge is 0.496 e. The van der Waals surface area contributed by atoms with Crippen molar-refractivity contribution in [1.82, 2.24) is 9.88 Å². The van der Waals surface area contributed by atoms with Crippen molar-refractivity contribution in [2.45, 2.75) is 0 Å². The second-order valence-electron chi connectivity index (χ2n) is 5.61. The molecule has 1 aliphatic rings. The van der Waals surface area contributed by atoms with Crippen LogP contribution >= 0.6 is 0 Å². The summed E-state index contributed by atoms with van der Waals surface area (Å²) >= 11 is 0. The Balaban J connectivity index is 1.65. The SMILES string of the molecule is COc1ccccc1C(=O)N1CCN(c2ccc([N+](=O)[O-])cn2)CC1. The highest BCUT2D eigenvalue weighted by Crippen LogP contribution is 2.22. The molecule has 0 saturated carbocycles. The number of carbonyl (C=O) groups excluding carboxylic acids is 1. The van der Waals surface area contributed by atoms with Gasteiger partial charge in [-0.1, -0.05) is 12.1 Å². The fourth-order valence-electron chi connectivity index (χ4n) is 2.80. The molecule has 2 heterocycles. The van der Waals surface area contributed by atoms with Crippen molar-refractivity contribution in [1.29, 1.82) is 0 Å². The number of ether oxygens (including phenoxy) is 1. The van der Waals surface area contributed by atoms with Crippen LogP contribution in [0.3, 0.4) is 0 Å². The smallest absolute Gasteiger partial charge is 0.287 e. The number of hydrogen-bond donors (Lipinski definition) is 0. The molecule has 2 aromatic rings. The third-order valence-electron chi connectivity index (χ3n) is 4.17. The quantitative estimate of drug-likeness (QED) is 0.623. The van der Waals surface area contributed by atoms with E-state index in [0.717, 1.165) is 0 Å². The van der Waals surface area contributed by atoms with Gasteiger partial charge in [0, 0.05) is 32.2 Å². The molecule has 0 spiro atoms. The highest BCUT2D eigenvalue weighted by molar-refractivity contribution is 5.97. The summed E-state index contributed by atoms with van der Waals surface area (Å²) in [6.07, 6.45) is 1.25. The summed E-state index contributed by atoms with van der Waals surface area (Å²) in [4.78, 5) is 30.8. The van der Waals surface area contributed by atoms with Gasteiger partial charge in [0.1, 0.15) is 17.8 Å². The summed E-state index contributed by atoms with van der Waals surface area (Å²) < 4.78 is 5.26. The van der Waals surface area contributed by atoms with Gasteiger partial charge < -0.3 is 14.5 Å². The predicted octanol–water partition coefficient (Wildman–Crippen LogP) is 1.96. The lowest BCUT2D eigenvalue weighted by Crippen LogP contribution is -2.49. The van der Waals surface area contributed by atoms with Crippen LogP contribution in [0.15, 0.2) is 42.6 Å². The standard InChI is InChI=1S/C17H18N4O4/c1-25-15-5-3-2-4-14(15)17(22)20-10-8-19(9-11-20)16-7-6-13(12-18-16)21(23)24/h2-7,12H,8-11H2,1H3. The Hall–Kier alpha value is -3.16. The minimum atomic E-state index is -0.472. The van der Waals surface area contributed by atoms with Crippen molar-refractivity contribution in [3.63, 3.8) is 0 Å². The molecular formula is C17H18N4O4. The topological polar surface area (TPSA) is 88.8 Å². The average molecular weight is 342 g/mol. The van der Waals surface area contributed by atoms with Crippen LogP contribution < -0.4 is 9.64 Å². The van der Waals surface area contributed by atoms with Crippen LogP contribution in [0, 0.1) is 10.1 Å². The van der Waals surface area contributed by atoms with Gasteiger partial charge in [0.25, 0.3) is 11.6 Å². The number of amides is 1. The molecule has 1 aliphatic heterocycles. The monoisotopic (exact) mass is 342 g/mol. The molecule has 1 amide bonds. The summed E-state index contributed by atoms with van der Waals surface area (Å²) in [5.41, 5.74) is 0.514. The summed E-state index contributed by atoms with van der Waals surface area (Å²) in [7, 11) is 1.55. The molecule has 0 bridgehead atoms. The van der Waals surface area contributed by atoms with E-state index in [-0.39, 0.29) is 11.6 Å². The van der Waals surface area contributed by atoms with Gasteiger partial charge in [-0.2, -0.15) is 0 Å². The third-order valence-corrected chi connectivity index (χ3v) is 4.17. The van der Waals surface area contributed by atoms with Crippen LogP contribution in [0.5, 0.6) is 5.75 Å². The van der Waals surface area contributed by atoms with Crippen molar-refractivity contribution in [2.24, 2.45) is 0 Å². The number of rotatable bonds is 4. The van der Waals surface area contributed by atoms with Gasteiger partial charge in [0.2, 0.25) is 0 Å². The van der Waals surface area contributed by atoms with Gasteiger partial charge >= 0.3 is 0 Å². The summed E-state index contributed by atoms with van der Waals surface area (Å²) in [5.74, 6) is 1.18. The minimum Gasteiger partial charge on any atom is -0.496 e. The van der Waals surface area contributed by atoms with Crippen LogP contribution in [-0.2, 0) is 0 Å². The molecule has 0 N–H and O–H groups in total. The first kappa shape index (κ1) is 16.7. The van der Waals surface area contributed by atoms with E-state index >= 15 is 0 Å². The lowest BCUT2D eigenvalue weighted by atomic mass is 10.1. The highest BCUT2D eigenvalue weighted by Gasteiger charge is 2.24. The van der Waals surface area contributed by atoms with Crippen LogP contribution in [0.25, 0.3) is 0 Å². The summed E-state index contributed by atoms with van der Waals surface area (Å²) in [6, 6.07) is 10.2. The average Bonchev–Trinajstić information content (AvgIpc) is 2.67. The predicted molar refractivity (Wildman–Crippen MR) is 92.0 cm³/mol. The number of aromatic nitrogens is 1. The van der Waals surface area contributed by atoms with Crippen LogP contribution in [0.1, 0.15) is 10.4 Å². The van der Waals surface area contributed by atoms with E-state index in [2.05, 4.69) is 4.98 Å². The van der Waals surface area contributed by atoms with E-state index in [1.807, 2.05) is 17.0 Å². The number of piperazine rings is 1. The fourth-order valence-corrected chi connectivity index (χ4v) is 2.80. The van der Waals surface area contributed by atoms with Crippen LogP contribution in [-0.4, -0.2) is 54.0 Å². The molecular weight excluding hydrogens is 324 g/mol. The molecule has 130 valence electrons.